The van der Waals surface area contributed by atoms with E-state index in [2.05, 4.69) is 15.5 Å². The molecule has 0 radical (unpaired) electrons. The number of carbonyl (C=O) groups is 1. The number of carbonyl (C=O) groups excluding carboxylic acids is 1. The molecule has 7 nitrogen and oxygen atoms in total. The first-order chi connectivity index (χ1) is 13.3. The molecule has 0 aliphatic carbocycles. The summed E-state index contributed by atoms with van der Waals surface area (Å²) in [6.07, 6.45) is 1.70. The first-order valence-electron chi connectivity index (χ1n) is 8.52. The number of hydrogen-bond acceptors (Lipinski definition) is 6. The van der Waals surface area contributed by atoms with Gasteiger partial charge in [0.2, 0.25) is 21.1 Å². The first kappa shape index (κ1) is 20.0. The number of aryl methyl sites for hydroxylation is 1. The normalized spacial score (nSPS) is 11.2. The molecule has 3 aromatic rings. The Hall–Kier alpha value is -2.78. The van der Waals surface area contributed by atoms with E-state index in [1.807, 2.05) is 36.4 Å². The Morgan fingerprint density at radius 3 is 2.43 bits per heavy atom. The fraction of sp³-hybridized carbons (Fsp3) is 0.211. The molecule has 0 aliphatic heterocycles. The average Bonchev–Trinajstić information content (AvgIpc) is 3.07. The van der Waals surface area contributed by atoms with Crippen LogP contribution < -0.4 is 9.62 Å². The quantitative estimate of drug-likeness (QED) is 0.639. The first-order valence-corrected chi connectivity index (χ1v) is 11.2. The van der Waals surface area contributed by atoms with Crippen molar-refractivity contribution < 1.29 is 13.2 Å². The van der Waals surface area contributed by atoms with Crippen molar-refractivity contribution in [1.29, 1.82) is 0 Å². The lowest BCUT2D eigenvalue weighted by atomic mass is 10.2. The molecule has 2 aromatic carbocycles. The van der Waals surface area contributed by atoms with Gasteiger partial charge < -0.3 is 0 Å². The highest BCUT2D eigenvalue weighted by Gasteiger charge is 2.22. The van der Waals surface area contributed by atoms with Gasteiger partial charge in [-0.05, 0) is 24.1 Å². The second kappa shape index (κ2) is 8.49. The largest absolute Gasteiger partial charge is 0.299 e. The van der Waals surface area contributed by atoms with Gasteiger partial charge >= 0.3 is 0 Å². The van der Waals surface area contributed by atoms with Crippen molar-refractivity contribution in [1.82, 2.24) is 10.2 Å². The lowest BCUT2D eigenvalue weighted by Gasteiger charge is -2.23. The number of hydrogen-bond donors (Lipinski definition) is 1. The van der Waals surface area contributed by atoms with E-state index in [0.29, 0.717) is 17.2 Å². The van der Waals surface area contributed by atoms with Gasteiger partial charge in [0.15, 0.2) is 0 Å². The number of para-hydroxylation sites is 1. The molecule has 28 heavy (non-hydrogen) atoms. The monoisotopic (exact) mass is 416 g/mol. The van der Waals surface area contributed by atoms with Crippen LogP contribution in [0, 0.1) is 6.92 Å². The van der Waals surface area contributed by atoms with Crippen LogP contribution in [0.1, 0.15) is 16.1 Å². The minimum Gasteiger partial charge on any atom is -0.299 e. The van der Waals surface area contributed by atoms with Crippen molar-refractivity contribution in [2.45, 2.75) is 13.3 Å². The molecule has 9 heteroatoms. The van der Waals surface area contributed by atoms with Crippen LogP contribution in [-0.4, -0.2) is 37.3 Å². The van der Waals surface area contributed by atoms with Crippen molar-refractivity contribution in [2.24, 2.45) is 0 Å². The van der Waals surface area contributed by atoms with Crippen LogP contribution in [-0.2, 0) is 21.2 Å². The fourth-order valence-corrected chi connectivity index (χ4v) is 4.36. The number of amides is 1. The predicted octanol–water partition coefficient (Wildman–Crippen LogP) is 2.84. The molecule has 0 saturated heterocycles. The van der Waals surface area contributed by atoms with Crippen LogP contribution >= 0.6 is 11.3 Å². The van der Waals surface area contributed by atoms with Crippen molar-refractivity contribution in [3.05, 3.63) is 70.7 Å². The summed E-state index contributed by atoms with van der Waals surface area (Å²) < 4.78 is 25.5. The summed E-state index contributed by atoms with van der Waals surface area (Å²) in [5.74, 6) is -0.476. The van der Waals surface area contributed by atoms with Gasteiger partial charge in [-0.3, -0.25) is 14.4 Å². The molecule has 146 valence electrons. The Kier molecular flexibility index (Phi) is 6.05. The second-order valence-corrected chi connectivity index (χ2v) is 9.24. The SMILES string of the molecule is Cc1ccccc1N(CC(=O)Nc1nnc(Cc2ccccc2)s1)S(C)(=O)=O. The molecule has 0 fully saturated rings. The van der Waals surface area contributed by atoms with E-state index in [-0.39, 0.29) is 6.54 Å². The van der Waals surface area contributed by atoms with Crippen molar-refractivity contribution in [2.75, 3.05) is 22.4 Å². The molecule has 3 rings (SSSR count). The summed E-state index contributed by atoms with van der Waals surface area (Å²) in [7, 11) is -3.62. The molecule has 1 N–H and O–H groups in total. The molecule has 0 aliphatic rings. The van der Waals surface area contributed by atoms with Gasteiger partial charge in [-0.1, -0.05) is 59.9 Å². The maximum absolute atomic E-state index is 12.4. The number of aromatic nitrogens is 2. The van der Waals surface area contributed by atoms with Gasteiger partial charge in [-0.2, -0.15) is 0 Å². The summed E-state index contributed by atoms with van der Waals surface area (Å²) in [4.78, 5) is 12.4. The maximum Gasteiger partial charge on any atom is 0.246 e. The summed E-state index contributed by atoms with van der Waals surface area (Å²) >= 11 is 1.27. The van der Waals surface area contributed by atoms with Gasteiger partial charge in [0, 0.05) is 6.42 Å². The van der Waals surface area contributed by atoms with Crippen LogP contribution in [0.25, 0.3) is 0 Å². The second-order valence-electron chi connectivity index (χ2n) is 6.27. The number of rotatable bonds is 7. The van der Waals surface area contributed by atoms with E-state index in [9.17, 15) is 13.2 Å². The third-order valence-electron chi connectivity index (χ3n) is 3.98. The standard InChI is InChI=1S/C19H20N4O3S2/c1-14-8-6-7-11-16(14)23(28(2,25)26)13-17(24)20-19-22-21-18(27-19)12-15-9-4-3-5-10-15/h3-11H,12-13H2,1-2H3,(H,20,22,24). The Balaban J connectivity index is 1.69. The lowest BCUT2D eigenvalue weighted by molar-refractivity contribution is -0.114. The molecular formula is C19H20N4O3S2. The highest BCUT2D eigenvalue weighted by molar-refractivity contribution is 7.92. The Bertz CT molecular complexity index is 1070. The summed E-state index contributed by atoms with van der Waals surface area (Å²) in [6, 6.07) is 16.8. The minimum absolute atomic E-state index is 0.336. The lowest BCUT2D eigenvalue weighted by Crippen LogP contribution is -2.37. The highest BCUT2D eigenvalue weighted by Crippen LogP contribution is 2.23. The van der Waals surface area contributed by atoms with E-state index in [1.54, 1.807) is 25.1 Å². The topological polar surface area (TPSA) is 92.3 Å². The minimum atomic E-state index is -3.62. The summed E-state index contributed by atoms with van der Waals surface area (Å²) in [5, 5.41) is 11.8. The third-order valence-corrected chi connectivity index (χ3v) is 5.95. The number of benzene rings is 2. The molecule has 1 amide bonds. The smallest absolute Gasteiger partial charge is 0.246 e. The predicted molar refractivity (Wildman–Crippen MR) is 111 cm³/mol. The summed E-state index contributed by atoms with van der Waals surface area (Å²) in [6.45, 7) is 1.46. The van der Waals surface area contributed by atoms with Crippen LogP contribution in [0.4, 0.5) is 10.8 Å². The number of nitrogens with zero attached hydrogens (tertiary/aromatic N) is 3. The van der Waals surface area contributed by atoms with Gasteiger partial charge in [-0.25, -0.2) is 8.42 Å². The molecular weight excluding hydrogens is 396 g/mol. The Morgan fingerprint density at radius 1 is 1.07 bits per heavy atom. The molecule has 0 spiro atoms. The molecule has 1 aromatic heterocycles. The number of anilines is 2. The van der Waals surface area contributed by atoms with Crippen LogP contribution in [0.3, 0.4) is 0 Å². The zero-order valence-corrected chi connectivity index (χ0v) is 17.1. The number of nitrogens with one attached hydrogen (secondary N) is 1. The number of sulfonamides is 1. The van der Waals surface area contributed by atoms with Crippen molar-refractivity contribution in [3.63, 3.8) is 0 Å². The Labute approximate surface area is 168 Å². The van der Waals surface area contributed by atoms with Crippen molar-refractivity contribution >= 4 is 38.1 Å². The van der Waals surface area contributed by atoms with E-state index < -0.39 is 15.9 Å². The van der Waals surface area contributed by atoms with Crippen LogP contribution in [0.2, 0.25) is 0 Å². The van der Waals surface area contributed by atoms with E-state index in [1.165, 1.54) is 11.3 Å². The van der Waals surface area contributed by atoms with Crippen LogP contribution in [0.5, 0.6) is 0 Å². The third kappa shape index (κ3) is 5.14. The molecule has 0 atom stereocenters. The Morgan fingerprint density at radius 2 is 1.75 bits per heavy atom. The van der Waals surface area contributed by atoms with Crippen LogP contribution in [0.15, 0.2) is 54.6 Å². The van der Waals surface area contributed by atoms with Gasteiger partial charge in [0.25, 0.3) is 0 Å². The van der Waals surface area contributed by atoms with E-state index in [4.69, 9.17) is 0 Å². The summed E-state index contributed by atoms with van der Waals surface area (Å²) in [5.41, 5.74) is 2.34. The fourth-order valence-electron chi connectivity index (χ4n) is 2.66. The zero-order chi connectivity index (χ0) is 20.1. The van der Waals surface area contributed by atoms with E-state index >= 15 is 0 Å². The van der Waals surface area contributed by atoms with Gasteiger partial charge in [-0.15, -0.1) is 10.2 Å². The van der Waals surface area contributed by atoms with Gasteiger partial charge in [0.1, 0.15) is 11.6 Å². The van der Waals surface area contributed by atoms with E-state index in [0.717, 1.165) is 26.7 Å². The molecule has 0 bridgehead atoms. The molecule has 0 saturated carbocycles. The molecule has 0 unspecified atom stereocenters. The molecule has 1 heterocycles. The average molecular weight is 417 g/mol. The van der Waals surface area contributed by atoms with Crippen molar-refractivity contribution in [3.8, 4) is 0 Å². The zero-order valence-electron chi connectivity index (χ0n) is 15.5. The van der Waals surface area contributed by atoms with Gasteiger partial charge in [0.05, 0.1) is 11.9 Å². The maximum atomic E-state index is 12.4. The highest BCUT2D eigenvalue weighted by atomic mass is 32.2.